The van der Waals surface area contributed by atoms with Crippen molar-refractivity contribution in [1.29, 1.82) is 0 Å². The Hall–Kier alpha value is -2.76. The summed E-state index contributed by atoms with van der Waals surface area (Å²) < 4.78 is 17.0. The number of hydrogen-bond donors (Lipinski definition) is 0. The number of carbonyl (C=O) groups excluding carboxylic acids is 1. The van der Waals surface area contributed by atoms with Gasteiger partial charge in [0, 0.05) is 12.3 Å². The smallest absolute Gasteiger partial charge is 0.377 e. The Bertz CT molecular complexity index is 734. The number of carbonyl (C=O) groups is 1. The van der Waals surface area contributed by atoms with Gasteiger partial charge in [-0.2, -0.15) is 5.10 Å². The molecule has 0 saturated heterocycles. The molecule has 2 rings (SSSR count). The number of rotatable bonds is 7. The van der Waals surface area contributed by atoms with Gasteiger partial charge in [0.1, 0.15) is 12.0 Å². The van der Waals surface area contributed by atoms with Crippen LogP contribution in [-0.4, -0.2) is 30.0 Å². The topological polar surface area (TPSA) is 62.6 Å². The van der Waals surface area contributed by atoms with Crippen molar-refractivity contribution in [3.8, 4) is 11.4 Å². The van der Waals surface area contributed by atoms with Crippen LogP contribution >= 0.6 is 0 Å². The third-order valence-electron chi connectivity index (χ3n) is 3.42. The summed E-state index contributed by atoms with van der Waals surface area (Å²) in [6.45, 7) is 4.01. The van der Waals surface area contributed by atoms with E-state index in [0.29, 0.717) is 5.75 Å². The molecule has 0 atom stereocenters. The van der Waals surface area contributed by atoms with Gasteiger partial charge in [0.05, 0.1) is 25.6 Å². The summed E-state index contributed by atoms with van der Waals surface area (Å²) >= 11 is 0. The first-order valence-corrected chi connectivity index (χ1v) is 7.73. The quantitative estimate of drug-likeness (QED) is 0.443. The van der Waals surface area contributed by atoms with Gasteiger partial charge in [-0.05, 0) is 31.0 Å². The zero-order valence-electron chi connectivity index (χ0n) is 14.4. The fraction of sp³-hybridized carbons (Fsp3) is 0.333. The monoisotopic (exact) mass is 330 g/mol. The molecule has 6 nitrogen and oxygen atoms in total. The molecule has 24 heavy (non-hydrogen) atoms. The summed E-state index contributed by atoms with van der Waals surface area (Å²) in [5, 5.41) is 4.54. The molecule has 0 aliphatic carbocycles. The van der Waals surface area contributed by atoms with E-state index >= 15 is 0 Å². The molecule has 1 aromatic heterocycles. The first-order valence-electron chi connectivity index (χ1n) is 7.73. The van der Waals surface area contributed by atoms with Gasteiger partial charge in [0.2, 0.25) is 5.76 Å². The summed E-state index contributed by atoms with van der Waals surface area (Å²) in [7, 11) is 2.73. The Kier molecular flexibility index (Phi) is 6.01. The lowest BCUT2D eigenvalue weighted by molar-refractivity contribution is -0.138. The van der Waals surface area contributed by atoms with Crippen LogP contribution < -0.4 is 4.74 Å². The second kappa shape index (κ2) is 8.19. The maximum atomic E-state index is 11.7. The fourth-order valence-corrected chi connectivity index (χ4v) is 2.18. The van der Waals surface area contributed by atoms with Gasteiger partial charge in [-0.1, -0.05) is 19.4 Å². The van der Waals surface area contributed by atoms with E-state index in [0.717, 1.165) is 29.8 Å². The minimum atomic E-state index is -0.606. The maximum Gasteiger partial charge on any atom is 0.377 e. The van der Waals surface area contributed by atoms with Gasteiger partial charge < -0.3 is 14.2 Å². The average molecular weight is 330 g/mol. The molecule has 0 bridgehead atoms. The van der Waals surface area contributed by atoms with Crippen molar-refractivity contribution < 1.29 is 19.0 Å². The van der Waals surface area contributed by atoms with Crippen LogP contribution in [0.25, 0.3) is 5.69 Å². The first kappa shape index (κ1) is 17.6. The molecule has 2 aromatic rings. The van der Waals surface area contributed by atoms with Crippen LogP contribution in [0.15, 0.2) is 42.5 Å². The van der Waals surface area contributed by atoms with Crippen molar-refractivity contribution in [2.75, 3.05) is 14.2 Å². The highest BCUT2D eigenvalue weighted by Gasteiger charge is 2.15. The lowest BCUT2D eigenvalue weighted by Gasteiger charge is -2.12. The predicted molar refractivity (Wildman–Crippen MR) is 90.0 cm³/mol. The van der Waals surface area contributed by atoms with Crippen LogP contribution in [0.1, 0.15) is 24.6 Å². The highest BCUT2D eigenvalue weighted by atomic mass is 16.6. The van der Waals surface area contributed by atoms with Gasteiger partial charge in [-0.3, -0.25) is 0 Å². The van der Waals surface area contributed by atoms with Crippen LogP contribution in [-0.2, 0) is 20.7 Å². The molecule has 6 heteroatoms. The van der Waals surface area contributed by atoms with Crippen molar-refractivity contribution >= 4 is 5.97 Å². The van der Waals surface area contributed by atoms with Gasteiger partial charge in [-0.25, -0.2) is 9.48 Å². The normalized spacial score (nSPS) is 11.2. The number of aromatic nitrogens is 2. The van der Waals surface area contributed by atoms with E-state index in [-0.39, 0.29) is 5.76 Å². The molecule has 0 fully saturated rings. The molecular formula is C18H22N2O4. The minimum Gasteiger partial charge on any atom is -0.500 e. The molecule has 0 spiro atoms. The zero-order chi connectivity index (χ0) is 17.5. The van der Waals surface area contributed by atoms with Crippen LogP contribution in [0.5, 0.6) is 5.75 Å². The van der Waals surface area contributed by atoms with Crippen LogP contribution in [0.3, 0.4) is 0 Å². The maximum absolute atomic E-state index is 11.7. The van der Waals surface area contributed by atoms with E-state index in [1.54, 1.807) is 4.68 Å². The van der Waals surface area contributed by atoms with Crippen molar-refractivity contribution in [2.24, 2.45) is 0 Å². The number of methoxy groups -OCH3 is 2. The number of ether oxygens (including phenoxy) is 3. The Morgan fingerprint density at radius 1 is 1.29 bits per heavy atom. The van der Waals surface area contributed by atoms with Crippen LogP contribution in [0, 0.1) is 6.92 Å². The van der Waals surface area contributed by atoms with Gasteiger partial charge in [0.25, 0.3) is 0 Å². The Morgan fingerprint density at radius 3 is 2.75 bits per heavy atom. The second-order valence-corrected chi connectivity index (χ2v) is 5.26. The molecule has 128 valence electrons. The van der Waals surface area contributed by atoms with Gasteiger partial charge >= 0.3 is 5.97 Å². The summed E-state index contributed by atoms with van der Waals surface area (Å²) in [5.74, 6) is -0.0906. The number of esters is 1. The Morgan fingerprint density at radius 2 is 2.08 bits per heavy atom. The summed E-state index contributed by atoms with van der Waals surface area (Å²) in [5.41, 5.74) is 2.76. The predicted octanol–water partition coefficient (Wildman–Crippen LogP) is 3.17. The van der Waals surface area contributed by atoms with Crippen LogP contribution in [0.2, 0.25) is 0 Å². The van der Waals surface area contributed by atoms with E-state index in [4.69, 9.17) is 14.2 Å². The Balaban J connectivity index is 2.30. The lowest BCUT2D eigenvalue weighted by Crippen LogP contribution is -2.12. The zero-order valence-corrected chi connectivity index (χ0v) is 14.4. The molecule has 0 saturated carbocycles. The molecule has 1 aromatic carbocycles. The molecule has 0 N–H and O–H groups in total. The number of hydrogen-bond acceptors (Lipinski definition) is 5. The highest BCUT2D eigenvalue weighted by Crippen LogP contribution is 2.24. The largest absolute Gasteiger partial charge is 0.500 e. The number of nitrogens with zero attached hydrogens (tertiary/aromatic N) is 2. The lowest BCUT2D eigenvalue weighted by atomic mass is 10.2. The van der Waals surface area contributed by atoms with Crippen molar-refractivity contribution in [3.05, 3.63) is 53.7 Å². The van der Waals surface area contributed by atoms with E-state index in [9.17, 15) is 4.79 Å². The van der Waals surface area contributed by atoms with Crippen molar-refractivity contribution in [3.63, 3.8) is 0 Å². The minimum absolute atomic E-state index is 0.0209. The summed E-state index contributed by atoms with van der Waals surface area (Å²) in [6.07, 6.45) is 5.10. The van der Waals surface area contributed by atoms with Gasteiger partial charge in [0.15, 0.2) is 0 Å². The summed E-state index contributed by atoms with van der Waals surface area (Å²) in [6, 6.07) is 7.68. The summed E-state index contributed by atoms with van der Waals surface area (Å²) in [4.78, 5) is 11.7. The molecule has 0 aliphatic rings. The average Bonchev–Trinajstić information content (AvgIpc) is 3.04. The molecule has 1 heterocycles. The fourth-order valence-electron chi connectivity index (χ4n) is 2.18. The van der Waals surface area contributed by atoms with Crippen molar-refractivity contribution in [1.82, 2.24) is 9.78 Å². The SMILES string of the molecule is CCCc1ccn(-c2ccc(C)c(O/C(=C\OC)C(=O)OC)c2)n1. The van der Waals surface area contributed by atoms with Gasteiger partial charge in [-0.15, -0.1) is 0 Å². The number of aryl methyl sites for hydroxylation is 2. The van der Waals surface area contributed by atoms with E-state index < -0.39 is 5.97 Å². The standard InChI is InChI=1S/C18H22N2O4/c1-5-6-14-9-10-20(19-14)15-8-7-13(2)16(11-15)24-17(12-22-3)18(21)23-4/h7-12H,5-6H2,1-4H3/b17-12-. The Labute approximate surface area is 141 Å². The van der Waals surface area contributed by atoms with E-state index in [1.165, 1.54) is 20.5 Å². The second-order valence-electron chi connectivity index (χ2n) is 5.26. The third-order valence-corrected chi connectivity index (χ3v) is 3.42. The molecule has 0 unspecified atom stereocenters. The van der Waals surface area contributed by atoms with E-state index in [2.05, 4.69) is 12.0 Å². The molecule has 0 radical (unpaired) electrons. The van der Waals surface area contributed by atoms with Crippen molar-refractivity contribution in [2.45, 2.75) is 26.7 Å². The molecule has 0 amide bonds. The first-order chi connectivity index (χ1) is 11.6. The van der Waals surface area contributed by atoms with E-state index in [1.807, 2.05) is 37.4 Å². The molecule has 0 aliphatic heterocycles. The third kappa shape index (κ3) is 4.16. The molecular weight excluding hydrogens is 308 g/mol. The number of benzene rings is 1. The highest BCUT2D eigenvalue weighted by molar-refractivity contribution is 5.86. The van der Waals surface area contributed by atoms with Crippen LogP contribution in [0.4, 0.5) is 0 Å².